The fourth-order valence-electron chi connectivity index (χ4n) is 2.30. The normalized spacial score (nSPS) is 10.6. The van der Waals surface area contributed by atoms with Gasteiger partial charge in [0.2, 0.25) is 0 Å². The van der Waals surface area contributed by atoms with Gasteiger partial charge < -0.3 is 5.32 Å². The lowest BCUT2D eigenvalue weighted by atomic mass is 10.0. The van der Waals surface area contributed by atoms with E-state index in [9.17, 15) is 0 Å². The van der Waals surface area contributed by atoms with Crippen molar-refractivity contribution in [2.24, 2.45) is 0 Å². The van der Waals surface area contributed by atoms with Crippen LogP contribution < -0.4 is 5.32 Å². The third-order valence-corrected chi connectivity index (χ3v) is 3.26. The molecule has 2 nitrogen and oxygen atoms in total. The highest BCUT2D eigenvalue weighted by Gasteiger charge is 2.00. The zero-order valence-electron chi connectivity index (χ0n) is 10.9. The van der Waals surface area contributed by atoms with Crippen molar-refractivity contribution in [1.82, 2.24) is 4.98 Å². The van der Waals surface area contributed by atoms with Crippen LogP contribution in [-0.2, 0) is 6.54 Å². The maximum atomic E-state index is 4.20. The number of hydrogen-bond acceptors (Lipinski definition) is 2. The molecule has 1 N–H and O–H groups in total. The van der Waals surface area contributed by atoms with Gasteiger partial charge in [0.25, 0.3) is 0 Å². The molecule has 1 aromatic heterocycles. The number of fused-ring (bicyclic) bond motifs is 1. The fraction of sp³-hybridized carbons (Fsp3) is 0.118. The second-order valence-electron chi connectivity index (χ2n) is 4.68. The van der Waals surface area contributed by atoms with Gasteiger partial charge in [-0.2, -0.15) is 0 Å². The highest BCUT2D eigenvalue weighted by atomic mass is 14.9. The van der Waals surface area contributed by atoms with E-state index in [0.29, 0.717) is 0 Å². The van der Waals surface area contributed by atoms with E-state index in [1.54, 1.807) is 0 Å². The highest BCUT2D eigenvalue weighted by Crippen LogP contribution is 2.19. The summed E-state index contributed by atoms with van der Waals surface area (Å²) in [5.74, 6) is 0. The summed E-state index contributed by atoms with van der Waals surface area (Å²) < 4.78 is 0. The molecule has 3 rings (SSSR count). The summed E-state index contributed by atoms with van der Waals surface area (Å²) >= 11 is 0. The number of benzene rings is 2. The van der Waals surface area contributed by atoms with Gasteiger partial charge in [-0.15, -0.1) is 0 Å². The van der Waals surface area contributed by atoms with E-state index in [-0.39, 0.29) is 0 Å². The molecule has 19 heavy (non-hydrogen) atoms. The Balaban J connectivity index is 1.86. The number of aromatic nitrogens is 1. The van der Waals surface area contributed by atoms with Crippen LogP contribution in [0.25, 0.3) is 10.8 Å². The minimum absolute atomic E-state index is 0.824. The minimum atomic E-state index is 0.824. The predicted molar refractivity (Wildman–Crippen MR) is 80.2 cm³/mol. The number of nitrogens with one attached hydrogen (secondary N) is 1. The molecule has 3 aromatic rings. The van der Waals surface area contributed by atoms with Crippen molar-refractivity contribution in [3.05, 3.63) is 72.1 Å². The molecule has 0 unspecified atom stereocenters. The molecule has 0 fully saturated rings. The van der Waals surface area contributed by atoms with Crippen LogP contribution >= 0.6 is 0 Å². The zero-order chi connectivity index (χ0) is 13.1. The van der Waals surface area contributed by atoms with Crippen molar-refractivity contribution < 1.29 is 0 Å². The molecule has 0 amide bonds. The third-order valence-electron chi connectivity index (χ3n) is 3.26. The molecular formula is C17H16N2. The molecule has 0 atom stereocenters. The van der Waals surface area contributed by atoms with Crippen molar-refractivity contribution in [1.29, 1.82) is 0 Å². The molecule has 1 heterocycles. The number of nitrogens with zero attached hydrogens (tertiary/aromatic N) is 1. The topological polar surface area (TPSA) is 24.9 Å². The Labute approximate surface area is 113 Å². The molecule has 0 aliphatic rings. The monoisotopic (exact) mass is 248 g/mol. The SMILES string of the molecule is Cc1cc(NCc2cccc3ccccc23)ccn1. The lowest BCUT2D eigenvalue weighted by Gasteiger charge is -2.09. The van der Waals surface area contributed by atoms with Crippen LogP contribution in [0.5, 0.6) is 0 Å². The van der Waals surface area contributed by atoms with Gasteiger partial charge in [-0.1, -0.05) is 42.5 Å². The fourth-order valence-corrected chi connectivity index (χ4v) is 2.30. The van der Waals surface area contributed by atoms with Crippen LogP contribution in [0, 0.1) is 6.92 Å². The zero-order valence-corrected chi connectivity index (χ0v) is 10.9. The van der Waals surface area contributed by atoms with E-state index in [1.807, 2.05) is 19.2 Å². The molecule has 2 aromatic carbocycles. The van der Waals surface area contributed by atoms with E-state index in [1.165, 1.54) is 16.3 Å². The summed E-state index contributed by atoms with van der Waals surface area (Å²) in [4.78, 5) is 4.20. The van der Waals surface area contributed by atoms with Crippen LogP contribution in [0.3, 0.4) is 0 Å². The third kappa shape index (κ3) is 2.58. The van der Waals surface area contributed by atoms with E-state index in [0.717, 1.165) is 17.9 Å². The number of hydrogen-bond donors (Lipinski definition) is 1. The van der Waals surface area contributed by atoms with E-state index >= 15 is 0 Å². The highest BCUT2D eigenvalue weighted by molar-refractivity contribution is 5.85. The summed E-state index contributed by atoms with van der Waals surface area (Å²) in [6.45, 7) is 2.83. The molecule has 94 valence electrons. The van der Waals surface area contributed by atoms with E-state index in [4.69, 9.17) is 0 Å². The molecule has 2 heteroatoms. The minimum Gasteiger partial charge on any atom is -0.381 e. The van der Waals surface area contributed by atoms with Gasteiger partial charge in [0.15, 0.2) is 0 Å². The van der Waals surface area contributed by atoms with Gasteiger partial charge in [-0.3, -0.25) is 4.98 Å². The average molecular weight is 248 g/mol. The predicted octanol–water partition coefficient (Wildman–Crippen LogP) is 4.16. The Morgan fingerprint density at radius 2 is 1.84 bits per heavy atom. The summed E-state index contributed by atoms with van der Waals surface area (Å²) in [6.07, 6.45) is 1.83. The number of rotatable bonds is 3. The van der Waals surface area contributed by atoms with Crippen LogP contribution in [0.4, 0.5) is 5.69 Å². The lowest BCUT2D eigenvalue weighted by Crippen LogP contribution is -2.00. The number of anilines is 1. The summed E-state index contributed by atoms with van der Waals surface area (Å²) in [7, 11) is 0. The van der Waals surface area contributed by atoms with Crippen LogP contribution in [0.2, 0.25) is 0 Å². The Morgan fingerprint density at radius 3 is 2.74 bits per heavy atom. The molecule has 0 saturated heterocycles. The number of pyridine rings is 1. The quantitative estimate of drug-likeness (QED) is 0.753. The van der Waals surface area contributed by atoms with Crippen LogP contribution in [0.1, 0.15) is 11.3 Å². The first kappa shape index (κ1) is 11.7. The second kappa shape index (κ2) is 5.11. The molecule has 0 radical (unpaired) electrons. The van der Waals surface area contributed by atoms with Gasteiger partial charge in [-0.25, -0.2) is 0 Å². The van der Waals surface area contributed by atoms with E-state index < -0.39 is 0 Å². The molecule has 0 aliphatic heterocycles. The summed E-state index contributed by atoms with van der Waals surface area (Å²) in [5.41, 5.74) is 3.45. The van der Waals surface area contributed by atoms with Gasteiger partial charge in [0.05, 0.1) is 0 Å². The van der Waals surface area contributed by atoms with Gasteiger partial charge in [0.1, 0.15) is 0 Å². The van der Waals surface area contributed by atoms with Crippen molar-refractivity contribution in [3.63, 3.8) is 0 Å². The molecule has 0 spiro atoms. The maximum absolute atomic E-state index is 4.20. The summed E-state index contributed by atoms with van der Waals surface area (Å²) in [6, 6.07) is 19.0. The Bertz CT molecular complexity index is 699. The first-order chi connectivity index (χ1) is 9.33. The summed E-state index contributed by atoms with van der Waals surface area (Å²) in [5, 5.41) is 6.05. The van der Waals surface area contributed by atoms with Crippen molar-refractivity contribution in [2.45, 2.75) is 13.5 Å². The standard InChI is InChI=1S/C17H16N2/c1-13-11-16(9-10-18-13)19-12-15-7-4-6-14-5-2-3-8-17(14)15/h2-11H,12H2,1H3,(H,18,19). The van der Waals surface area contributed by atoms with Crippen LogP contribution in [-0.4, -0.2) is 4.98 Å². The Kier molecular flexibility index (Phi) is 3.15. The maximum Gasteiger partial charge on any atom is 0.0406 e. The molecule has 0 aliphatic carbocycles. The van der Waals surface area contributed by atoms with Crippen molar-refractivity contribution in [2.75, 3.05) is 5.32 Å². The van der Waals surface area contributed by atoms with Crippen molar-refractivity contribution in [3.8, 4) is 0 Å². The Morgan fingerprint density at radius 1 is 1.00 bits per heavy atom. The van der Waals surface area contributed by atoms with Gasteiger partial charge in [0, 0.05) is 24.1 Å². The van der Waals surface area contributed by atoms with Gasteiger partial charge >= 0.3 is 0 Å². The average Bonchev–Trinajstić information content (AvgIpc) is 2.45. The molecule has 0 saturated carbocycles. The van der Waals surface area contributed by atoms with E-state index in [2.05, 4.69) is 58.8 Å². The first-order valence-corrected chi connectivity index (χ1v) is 6.46. The molecular weight excluding hydrogens is 232 g/mol. The largest absolute Gasteiger partial charge is 0.381 e. The van der Waals surface area contributed by atoms with Crippen molar-refractivity contribution >= 4 is 16.5 Å². The van der Waals surface area contributed by atoms with Crippen LogP contribution in [0.15, 0.2) is 60.8 Å². The smallest absolute Gasteiger partial charge is 0.0406 e. The lowest BCUT2D eigenvalue weighted by molar-refractivity contribution is 1.14. The first-order valence-electron chi connectivity index (χ1n) is 6.46. The number of aryl methyl sites for hydroxylation is 1. The molecule has 0 bridgehead atoms. The van der Waals surface area contributed by atoms with Gasteiger partial charge in [-0.05, 0) is 35.4 Å². The Hall–Kier alpha value is -2.35. The second-order valence-corrected chi connectivity index (χ2v) is 4.68.